The molecule has 9 heteroatoms. The van der Waals surface area contributed by atoms with E-state index in [2.05, 4.69) is 77.9 Å². The molecule has 0 radical (unpaired) electrons. The molecule has 0 saturated heterocycles. The number of rotatable bonds is 10. The highest BCUT2D eigenvalue weighted by atomic mass is 15.1. The predicted molar refractivity (Wildman–Crippen MR) is 227 cm³/mol. The van der Waals surface area contributed by atoms with E-state index in [4.69, 9.17) is 44.9 Å². The number of hydrogen-bond donors (Lipinski definition) is 0. The molecule has 0 atom stereocenters. The fourth-order valence-electron chi connectivity index (χ4n) is 6.38. The first-order valence-electron chi connectivity index (χ1n) is 19.4. The van der Waals surface area contributed by atoms with Crippen molar-refractivity contribution >= 4 is 0 Å². The Bertz CT molecular complexity index is 2580. The van der Waals surface area contributed by atoms with E-state index in [-0.39, 0.29) is 17.8 Å². The van der Waals surface area contributed by atoms with Crippen molar-refractivity contribution in [2.24, 2.45) is 0 Å². The maximum atomic E-state index is 5.15. The van der Waals surface area contributed by atoms with E-state index >= 15 is 0 Å². The van der Waals surface area contributed by atoms with Gasteiger partial charge in [0.05, 0.1) is 0 Å². The summed E-state index contributed by atoms with van der Waals surface area (Å²) >= 11 is 0. The largest absolute Gasteiger partial charge is 0.217 e. The molecule has 0 bridgehead atoms. The van der Waals surface area contributed by atoms with Gasteiger partial charge in [0, 0.05) is 51.1 Å². The number of hydrogen-bond acceptors (Lipinski definition) is 9. The normalized spacial score (nSPS) is 11.5. The first-order valence-corrected chi connectivity index (χ1v) is 19.4. The second-order valence-electron chi connectivity index (χ2n) is 15.0. The Kier molecular flexibility index (Phi) is 10.5. The van der Waals surface area contributed by atoms with E-state index in [0.29, 0.717) is 40.8 Å². The summed E-state index contributed by atoms with van der Waals surface area (Å²) in [6.45, 7) is 12.6. The van der Waals surface area contributed by atoms with Gasteiger partial charge in [-0.05, 0) is 35.4 Å². The minimum Gasteiger partial charge on any atom is -0.217 e. The zero-order valence-electron chi connectivity index (χ0n) is 33.0. The van der Waals surface area contributed by atoms with Crippen molar-refractivity contribution in [1.29, 1.82) is 0 Å². The molecule has 8 rings (SSSR count). The third kappa shape index (κ3) is 8.23. The monoisotopic (exact) mass is 745 g/mol. The molecular formula is C48H43N9. The molecule has 5 aromatic carbocycles. The molecule has 0 fully saturated rings. The Morgan fingerprint density at radius 3 is 0.947 bits per heavy atom. The van der Waals surface area contributed by atoms with Crippen LogP contribution in [0.1, 0.15) is 76.8 Å². The summed E-state index contributed by atoms with van der Waals surface area (Å²) in [5.74, 6) is 6.10. The van der Waals surface area contributed by atoms with Gasteiger partial charge in [-0.2, -0.15) is 0 Å². The minimum atomic E-state index is 0.0431. The summed E-state index contributed by atoms with van der Waals surface area (Å²) in [5, 5.41) is 0. The molecular weight excluding hydrogens is 703 g/mol. The van der Waals surface area contributed by atoms with Crippen LogP contribution >= 0.6 is 0 Å². The quantitative estimate of drug-likeness (QED) is 0.135. The fourth-order valence-corrected chi connectivity index (χ4v) is 6.38. The molecule has 280 valence electrons. The summed E-state index contributed by atoms with van der Waals surface area (Å²) in [7, 11) is 0. The van der Waals surface area contributed by atoms with Crippen molar-refractivity contribution in [3.8, 4) is 79.5 Å². The number of benzene rings is 5. The van der Waals surface area contributed by atoms with Crippen LogP contribution < -0.4 is 0 Å². The van der Waals surface area contributed by atoms with Gasteiger partial charge in [-0.1, -0.05) is 151 Å². The topological polar surface area (TPSA) is 116 Å². The second-order valence-corrected chi connectivity index (χ2v) is 15.0. The van der Waals surface area contributed by atoms with Gasteiger partial charge in [-0.15, -0.1) is 0 Å². The van der Waals surface area contributed by atoms with Gasteiger partial charge < -0.3 is 0 Å². The number of aromatic nitrogens is 9. The van der Waals surface area contributed by atoms with Crippen LogP contribution in [0.5, 0.6) is 0 Å². The molecule has 0 aliphatic carbocycles. The average Bonchev–Trinajstić information content (AvgIpc) is 3.26. The second kappa shape index (κ2) is 16.1. The number of nitrogens with zero attached hydrogens (tertiary/aromatic N) is 9. The van der Waals surface area contributed by atoms with E-state index in [1.165, 1.54) is 0 Å². The van der Waals surface area contributed by atoms with Gasteiger partial charge in [0.25, 0.3) is 0 Å². The summed E-state index contributed by atoms with van der Waals surface area (Å²) in [5.41, 5.74) is 7.19. The molecule has 3 aromatic heterocycles. The lowest BCUT2D eigenvalue weighted by atomic mass is 9.98. The summed E-state index contributed by atoms with van der Waals surface area (Å²) in [6.07, 6.45) is 0. The zero-order chi connectivity index (χ0) is 39.5. The average molecular weight is 746 g/mol. The van der Waals surface area contributed by atoms with E-state index in [0.717, 1.165) is 56.2 Å². The molecule has 0 amide bonds. The Labute approximate surface area is 333 Å². The minimum absolute atomic E-state index is 0.0431. The molecule has 9 nitrogen and oxygen atoms in total. The Morgan fingerprint density at radius 2 is 0.526 bits per heavy atom. The van der Waals surface area contributed by atoms with Crippen LogP contribution in [0.2, 0.25) is 0 Å². The van der Waals surface area contributed by atoms with Crippen LogP contribution in [0.15, 0.2) is 133 Å². The summed E-state index contributed by atoms with van der Waals surface area (Å²) in [4.78, 5) is 44.7. The first kappa shape index (κ1) is 37.1. The maximum absolute atomic E-state index is 5.15. The third-order valence-electron chi connectivity index (χ3n) is 9.51. The van der Waals surface area contributed by atoms with Crippen LogP contribution in [0.3, 0.4) is 0 Å². The van der Waals surface area contributed by atoms with Crippen molar-refractivity contribution in [1.82, 2.24) is 44.9 Å². The van der Waals surface area contributed by atoms with Gasteiger partial charge in [-0.3, -0.25) is 0 Å². The van der Waals surface area contributed by atoms with E-state index in [9.17, 15) is 0 Å². The van der Waals surface area contributed by atoms with Crippen molar-refractivity contribution in [2.45, 2.75) is 59.3 Å². The Morgan fingerprint density at radius 1 is 0.246 bits per heavy atom. The predicted octanol–water partition coefficient (Wildman–Crippen LogP) is 11.3. The fraction of sp³-hybridized carbons (Fsp3) is 0.188. The highest BCUT2D eigenvalue weighted by Crippen LogP contribution is 2.34. The zero-order valence-corrected chi connectivity index (χ0v) is 33.0. The van der Waals surface area contributed by atoms with E-state index in [1.54, 1.807) is 0 Å². The van der Waals surface area contributed by atoms with Gasteiger partial charge in [-0.25, -0.2) is 44.9 Å². The lowest BCUT2D eigenvalue weighted by molar-refractivity contribution is 0.697. The molecule has 0 saturated carbocycles. The van der Waals surface area contributed by atoms with Gasteiger partial charge in [0.2, 0.25) is 0 Å². The van der Waals surface area contributed by atoms with Gasteiger partial charge in [0.1, 0.15) is 17.5 Å². The third-order valence-corrected chi connectivity index (χ3v) is 9.51. The molecule has 0 N–H and O–H groups in total. The smallest absolute Gasteiger partial charge is 0.164 e. The molecule has 0 aliphatic rings. The van der Waals surface area contributed by atoms with Gasteiger partial charge >= 0.3 is 0 Å². The van der Waals surface area contributed by atoms with Crippen molar-refractivity contribution in [3.05, 3.63) is 151 Å². The maximum Gasteiger partial charge on any atom is 0.164 e. The van der Waals surface area contributed by atoms with Crippen LogP contribution in [0, 0.1) is 0 Å². The Balaban J connectivity index is 1.30. The molecule has 0 unspecified atom stereocenters. The first-order chi connectivity index (χ1) is 27.7. The molecule has 0 aliphatic heterocycles. The lowest BCUT2D eigenvalue weighted by Gasteiger charge is -2.14. The highest BCUT2D eigenvalue weighted by Gasteiger charge is 2.19. The molecule has 57 heavy (non-hydrogen) atoms. The SMILES string of the molecule is CC(C)c1nc(-c2cc(-c3ccccc3)cc(-c3nc(-c4ccccc4)nc(-c4ccccc4)n3)c2)nc(-c2cccc(-c3nc(C(C)C)nc(C(C)C)n3)c2)n1. The lowest BCUT2D eigenvalue weighted by Crippen LogP contribution is -2.08. The van der Waals surface area contributed by atoms with E-state index < -0.39 is 0 Å². The molecule has 8 aromatic rings. The van der Waals surface area contributed by atoms with Crippen molar-refractivity contribution in [3.63, 3.8) is 0 Å². The summed E-state index contributed by atoms with van der Waals surface area (Å²) < 4.78 is 0. The van der Waals surface area contributed by atoms with Crippen LogP contribution in [-0.4, -0.2) is 44.9 Å². The van der Waals surface area contributed by atoms with Crippen LogP contribution in [-0.2, 0) is 0 Å². The highest BCUT2D eigenvalue weighted by molar-refractivity contribution is 5.79. The van der Waals surface area contributed by atoms with Crippen LogP contribution in [0.25, 0.3) is 79.5 Å². The Hall–Kier alpha value is -6.87. The summed E-state index contributed by atoms with van der Waals surface area (Å²) in [6, 6.07) is 44.7. The van der Waals surface area contributed by atoms with Gasteiger partial charge in [0.15, 0.2) is 34.9 Å². The standard InChI is InChI=1S/C48H43N9/c1-29(2)40-49-41(30(3)4)51-45(50-40)35-23-16-24-36(25-35)46-52-42(31(5)6)53-47(57-46)38-26-37(32-17-10-7-11-18-32)27-39(28-38)48-55-43(33-19-12-8-13-20-33)54-44(56-48)34-21-14-9-15-22-34/h7-31H,1-6H3. The molecule has 3 heterocycles. The molecule has 0 spiro atoms. The van der Waals surface area contributed by atoms with E-state index in [1.807, 2.05) is 97.1 Å². The van der Waals surface area contributed by atoms with Crippen LogP contribution in [0.4, 0.5) is 0 Å². The van der Waals surface area contributed by atoms with Crippen molar-refractivity contribution < 1.29 is 0 Å². The van der Waals surface area contributed by atoms with Crippen molar-refractivity contribution in [2.75, 3.05) is 0 Å².